The molecule has 0 N–H and O–H groups in total. The Morgan fingerprint density at radius 2 is 1.74 bits per heavy atom. The van der Waals surface area contributed by atoms with Crippen molar-refractivity contribution in [3.8, 4) is 0 Å². The van der Waals surface area contributed by atoms with Crippen LogP contribution < -0.4 is 5.11 Å². The Hall–Kier alpha value is -1.45. The number of rotatable bonds is 5. The van der Waals surface area contributed by atoms with Crippen molar-refractivity contribution in [3.63, 3.8) is 0 Å². The fourth-order valence-electron chi connectivity index (χ4n) is 1.67. The molecule has 2 nitrogen and oxygen atoms in total. The predicted octanol–water partition coefficient (Wildman–Crippen LogP) is 2.79. The maximum atomic E-state index is 11.2. The maximum Gasteiger partial charge on any atom is 0.0551 e. The molecule has 0 heterocycles. The molecule has 0 aromatic heterocycles. The van der Waals surface area contributed by atoms with Gasteiger partial charge in [-0.15, -0.1) is 11.8 Å². The van der Waals surface area contributed by atoms with Crippen molar-refractivity contribution in [3.05, 3.63) is 65.2 Å². The molecule has 0 aliphatic rings. The van der Waals surface area contributed by atoms with Crippen LogP contribution in [-0.4, -0.2) is 11.2 Å². The second-order valence-corrected chi connectivity index (χ2v) is 5.78. The molecule has 0 saturated carbocycles. The smallest absolute Gasteiger partial charge is 0.0551 e. The third-order valence-corrected chi connectivity index (χ3v) is 4.06. The van der Waals surface area contributed by atoms with Crippen molar-refractivity contribution in [1.82, 2.24) is 0 Å². The first-order valence-electron chi connectivity index (χ1n) is 5.82. The lowest BCUT2D eigenvalue weighted by atomic mass is 10.1. The van der Waals surface area contributed by atoms with Gasteiger partial charge in [0.2, 0.25) is 0 Å². The third-order valence-electron chi connectivity index (χ3n) is 2.62. The van der Waals surface area contributed by atoms with Gasteiger partial charge in [-0.05, 0) is 36.2 Å². The summed E-state index contributed by atoms with van der Waals surface area (Å²) in [4.78, 5) is 12.1. The van der Waals surface area contributed by atoms with E-state index in [-0.39, 0.29) is 0 Å². The lowest BCUT2D eigenvalue weighted by Gasteiger charge is -2.17. The average Bonchev–Trinajstić information content (AvgIpc) is 2.41. The molecule has 2 aromatic carbocycles. The van der Waals surface area contributed by atoms with E-state index in [1.54, 1.807) is 12.1 Å². The molecule has 2 rings (SSSR count). The Balaban J connectivity index is 2.08. The number of carbonyl (C=O) groups is 1. The van der Waals surface area contributed by atoms with Gasteiger partial charge in [-0.3, -0.25) is 0 Å². The van der Waals surface area contributed by atoms with Gasteiger partial charge in [0.25, 0.3) is 0 Å². The van der Waals surface area contributed by atoms with Gasteiger partial charge in [0.15, 0.2) is 0 Å². The van der Waals surface area contributed by atoms with E-state index in [9.17, 15) is 9.90 Å². The van der Waals surface area contributed by atoms with Gasteiger partial charge in [0, 0.05) is 9.92 Å². The summed E-state index contributed by atoms with van der Waals surface area (Å²) in [6.45, 7) is 0. The molecule has 0 saturated heterocycles. The van der Waals surface area contributed by atoms with E-state index in [1.807, 2.05) is 42.5 Å². The number of carbonyl (C=O) groups excluding carboxylic acids is 1. The first kappa shape index (κ1) is 14.0. The number of carboxylic acids is 1. The second kappa shape index (κ2) is 6.64. The van der Waals surface area contributed by atoms with Gasteiger partial charge in [-0.2, -0.15) is 0 Å². The molecule has 0 aliphatic heterocycles. The van der Waals surface area contributed by atoms with E-state index in [0.717, 1.165) is 10.5 Å². The number of thioether (sulfide) groups is 1. The van der Waals surface area contributed by atoms with Gasteiger partial charge in [0.05, 0.1) is 11.2 Å². The molecule has 0 bridgehead atoms. The molecule has 0 aliphatic carbocycles. The lowest BCUT2D eigenvalue weighted by molar-refractivity contribution is -0.304. The van der Waals surface area contributed by atoms with Crippen LogP contribution in [-0.2, 0) is 11.2 Å². The summed E-state index contributed by atoms with van der Waals surface area (Å²) in [5.41, 5.74) is 0.932. The molecule has 2 aromatic rings. The van der Waals surface area contributed by atoms with Crippen molar-refractivity contribution in [2.75, 3.05) is 0 Å². The standard InChI is InChI=1S/C15H13ClO2S/c16-12-8-6-11(7-9-12)10-14(15(17)18)19-13-4-2-1-3-5-13/h1-9,14H,10H2,(H,17,18)/p-1. The molecular weight excluding hydrogens is 280 g/mol. The number of carboxylic acid groups (broad SMARTS) is 1. The van der Waals surface area contributed by atoms with Gasteiger partial charge in [0.1, 0.15) is 0 Å². The normalized spacial score (nSPS) is 12.1. The van der Waals surface area contributed by atoms with E-state index in [0.29, 0.717) is 11.4 Å². The van der Waals surface area contributed by atoms with Crippen LogP contribution in [0.4, 0.5) is 0 Å². The first-order chi connectivity index (χ1) is 9.15. The van der Waals surface area contributed by atoms with Crippen LogP contribution in [0.2, 0.25) is 5.02 Å². The summed E-state index contributed by atoms with van der Waals surface area (Å²) in [5, 5.41) is 11.3. The number of hydrogen-bond donors (Lipinski definition) is 0. The Kier molecular flexibility index (Phi) is 4.88. The van der Waals surface area contributed by atoms with Gasteiger partial charge < -0.3 is 9.90 Å². The van der Waals surface area contributed by atoms with Crippen LogP contribution in [0.25, 0.3) is 0 Å². The molecule has 0 amide bonds. The molecule has 4 heteroatoms. The zero-order valence-corrected chi connectivity index (χ0v) is 11.7. The van der Waals surface area contributed by atoms with Crippen LogP contribution in [0.1, 0.15) is 5.56 Å². The van der Waals surface area contributed by atoms with E-state index in [2.05, 4.69) is 0 Å². The molecule has 98 valence electrons. The van der Waals surface area contributed by atoms with Gasteiger partial charge >= 0.3 is 0 Å². The molecular formula is C15H12ClO2S-. The van der Waals surface area contributed by atoms with Crippen LogP contribution in [0.15, 0.2) is 59.5 Å². The lowest BCUT2D eigenvalue weighted by Crippen LogP contribution is -2.34. The van der Waals surface area contributed by atoms with E-state index in [1.165, 1.54) is 11.8 Å². The minimum Gasteiger partial charge on any atom is -0.549 e. The average molecular weight is 292 g/mol. The summed E-state index contributed by atoms with van der Waals surface area (Å²) in [6.07, 6.45) is 0.416. The highest BCUT2D eigenvalue weighted by atomic mass is 35.5. The maximum absolute atomic E-state index is 11.2. The molecule has 1 atom stereocenters. The van der Waals surface area contributed by atoms with Crippen molar-refractivity contribution < 1.29 is 9.90 Å². The number of hydrogen-bond acceptors (Lipinski definition) is 3. The van der Waals surface area contributed by atoms with Crippen LogP contribution >= 0.6 is 23.4 Å². The highest BCUT2D eigenvalue weighted by Gasteiger charge is 2.12. The van der Waals surface area contributed by atoms with Crippen molar-refractivity contribution in [2.45, 2.75) is 16.6 Å². The minimum absolute atomic E-state index is 0.416. The Bertz CT molecular complexity index is 540. The monoisotopic (exact) mass is 291 g/mol. The van der Waals surface area contributed by atoms with Crippen LogP contribution in [0.5, 0.6) is 0 Å². The summed E-state index contributed by atoms with van der Waals surface area (Å²) in [5.74, 6) is -1.05. The summed E-state index contributed by atoms with van der Waals surface area (Å²) in [7, 11) is 0. The van der Waals surface area contributed by atoms with Crippen molar-refractivity contribution in [2.24, 2.45) is 0 Å². The number of aliphatic carboxylic acids is 1. The van der Waals surface area contributed by atoms with Gasteiger partial charge in [-0.1, -0.05) is 41.9 Å². The summed E-state index contributed by atoms with van der Waals surface area (Å²) >= 11 is 7.11. The number of halogens is 1. The fourth-order valence-corrected chi connectivity index (χ4v) is 2.81. The zero-order valence-electron chi connectivity index (χ0n) is 10.1. The second-order valence-electron chi connectivity index (χ2n) is 4.07. The third kappa shape index (κ3) is 4.30. The Morgan fingerprint density at radius 3 is 2.32 bits per heavy atom. The first-order valence-corrected chi connectivity index (χ1v) is 7.08. The highest BCUT2D eigenvalue weighted by molar-refractivity contribution is 8.00. The van der Waals surface area contributed by atoms with E-state index < -0.39 is 11.2 Å². The highest BCUT2D eigenvalue weighted by Crippen LogP contribution is 2.25. The summed E-state index contributed by atoms with van der Waals surface area (Å²) < 4.78 is 0. The van der Waals surface area contributed by atoms with Gasteiger partial charge in [-0.25, -0.2) is 0 Å². The summed E-state index contributed by atoms with van der Waals surface area (Å²) in [6, 6.07) is 16.6. The van der Waals surface area contributed by atoms with E-state index in [4.69, 9.17) is 11.6 Å². The SMILES string of the molecule is O=C([O-])C(Cc1ccc(Cl)cc1)Sc1ccccc1. The molecule has 19 heavy (non-hydrogen) atoms. The molecule has 1 unspecified atom stereocenters. The molecule has 0 fully saturated rings. The quantitative estimate of drug-likeness (QED) is 0.795. The Morgan fingerprint density at radius 1 is 1.11 bits per heavy atom. The Labute approximate surface area is 121 Å². The molecule has 0 radical (unpaired) electrons. The van der Waals surface area contributed by atoms with Crippen molar-refractivity contribution in [1.29, 1.82) is 0 Å². The number of benzene rings is 2. The minimum atomic E-state index is -1.05. The van der Waals surface area contributed by atoms with Crippen LogP contribution in [0, 0.1) is 0 Å². The largest absolute Gasteiger partial charge is 0.549 e. The molecule has 0 spiro atoms. The topological polar surface area (TPSA) is 40.1 Å². The van der Waals surface area contributed by atoms with E-state index >= 15 is 0 Å². The predicted molar refractivity (Wildman–Crippen MR) is 76.3 cm³/mol. The van der Waals surface area contributed by atoms with Crippen molar-refractivity contribution >= 4 is 29.3 Å². The van der Waals surface area contributed by atoms with Crippen LogP contribution in [0.3, 0.4) is 0 Å². The zero-order chi connectivity index (χ0) is 13.7. The fraction of sp³-hybridized carbons (Fsp3) is 0.133.